The smallest absolute Gasteiger partial charge is 0.399 e. The quantitative estimate of drug-likeness (QED) is 0.502. The van der Waals surface area contributed by atoms with Gasteiger partial charge in [0.15, 0.2) is 5.82 Å². The van der Waals surface area contributed by atoms with Gasteiger partial charge in [0.25, 0.3) is 5.91 Å². The van der Waals surface area contributed by atoms with E-state index in [4.69, 9.17) is 17.3 Å². The Hall–Kier alpha value is -3.13. The summed E-state index contributed by atoms with van der Waals surface area (Å²) in [5.74, 6) is -0.488. The third-order valence-corrected chi connectivity index (χ3v) is 3.73. The largest absolute Gasteiger partial charge is 0.416 e. The van der Waals surface area contributed by atoms with E-state index in [-0.39, 0.29) is 22.4 Å². The number of nitrogen functional groups attached to an aromatic ring is 1. The first-order chi connectivity index (χ1) is 12.7. The maximum absolute atomic E-state index is 12.9. The van der Waals surface area contributed by atoms with Gasteiger partial charge in [0.2, 0.25) is 0 Å². The number of hydrogen-bond donors (Lipinski definition) is 2. The molecule has 0 saturated heterocycles. The van der Waals surface area contributed by atoms with Crippen LogP contribution in [0.4, 0.5) is 24.7 Å². The molecule has 1 aromatic heterocycles. The fraction of sp³-hybridized carbons (Fsp3) is 0.0556. The number of hydrogen-bond acceptors (Lipinski definition) is 4. The van der Waals surface area contributed by atoms with E-state index in [0.29, 0.717) is 11.3 Å². The van der Waals surface area contributed by atoms with Crippen LogP contribution in [0.15, 0.2) is 54.6 Å². The summed E-state index contributed by atoms with van der Waals surface area (Å²) < 4.78 is 38.7. The fourth-order valence-corrected chi connectivity index (χ4v) is 2.50. The van der Waals surface area contributed by atoms with Gasteiger partial charge < -0.3 is 11.1 Å². The van der Waals surface area contributed by atoms with Crippen LogP contribution in [0.1, 0.15) is 15.9 Å². The second-order valence-corrected chi connectivity index (χ2v) is 5.94. The van der Waals surface area contributed by atoms with Gasteiger partial charge in [-0.15, -0.1) is 0 Å². The number of nitrogens with two attached hydrogens (primary N) is 1. The molecule has 1 heterocycles. The van der Waals surface area contributed by atoms with Gasteiger partial charge in [-0.2, -0.15) is 13.2 Å². The third-order valence-electron chi connectivity index (χ3n) is 3.53. The Balaban J connectivity index is 1.92. The highest BCUT2D eigenvalue weighted by Gasteiger charge is 2.30. The average Bonchev–Trinajstić information content (AvgIpc) is 2.60. The molecule has 0 radical (unpaired) electrons. The first kappa shape index (κ1) is 18.7. The van der Waals surface area contributed by atoms with Crippen molar-refractivity contribution in [3.63, 3.8) is 0 Å². The third kappa shape index (κ3) is 4.53. The molecule has 0 saturated carbocycles. The van der Waals surface area contributed by atoms with Crippen molar-refractivity contribution in [3.8, 4) is 11.4 Å². The van der Waals surface area contributed by atoms with E-state index in [1.54, 1.807) is 18.2 Å². The number of carbonyl (C=O) groups excluding carboxylic acids is 1. The number of aromatic nitrogens is 2. The number of nitrogens with zero attached hydrogens (tertiary/aromatic N) is 2. The fourth-order valence-electron chi connectivity index (χ4n) is 2.31. The maximum Gasteiger partial charge on any atom is 0.416 e. The molecule has 0 spiro atoms. The van der Waals surface area contributed by atoms with Crippen LogP contribution in [0.3, 0.4) is 0 Å². The summed E-state index contributed by atoms with van der Waals surface area (Å²) in [6.45, 7) is 0. The van der Waals surface area contributed by atoms with Gasteiger partial charge in [-0.1, -0.05) is 29.8 Å². The van der Waals surface area contributed by atoms with Gasteiger partial charge in [-0.05, 0) is 30.3 Å². The number of amides is 1. The van der Waals surface area contributed by atoms with E-state index in [1.165, 1.54) is 24.3 Å². The molecule has 0 aliphatic rings. The molecule has 3 aromatic rings. The van der Waals surface area contributed by atoms with Crippen LogP contribution in [-0.2, 0) is 6.18 Å². The highest BCUT2D eigenvalue weighted by molar-refractivity contribution is 6.29. The second kappa shape index (κ2) is 7.24. The molecule has 27 heavy (non-hydrogen) atoms. The predicted octanol–water partition coefficient (Wildman–Crippen LogP) is 4.65. The topological polar surface area (TPSA) is 80.9 Å². The molecule has 0 atom stereocenters. The predicted molar refractivity (Wildman–Crippen MR) is 96.3 cm³/mol. The van der Waals surface area contributed by atoms with E-state index in [1.807, 2.05) is 0 Å². The highest BCUT2D eigenvalue weighted by atomic mass is 35.5. The molecule has 0 fully saturated rings. The monoisotopic (exact) mass is 392 g/mol. The molecule has 5 nitrogen and oxygen atoms in total. The minimum absolute atomic E-state index is 0.0275. The van der Waals surface area contributed by atoms with Gasteiger partial charge in [0.1, 0.15) is 11.0 Å². The standard InChI is InChI=1S/C18H12ClF3N4O/c19-14-9-15(26-17(27)11-4-2-6-13(23)8-11)25-16(24-14)10-3-1-5-12(7-10)18(20,21)22/h1-9H,23H2,(H,24,25,26,27). The molecule has 3 rings (SSSR count). The number of nitrogens with one attached hydrogen (secondary N) is 1. The summed E-state index contributed by atoms with van der Waals surface area (Å²) >= 11 is 5.94. The molecule has 3 N–H and O–H groups in total. The Kier molecular flexibility index (Phi) is 5.00. The lowest BCUT2D eigenvalue weighted by Gasteiger charge is -2.10. The zero-order chi connectivity index (χ0) is 19.6. The summed E-state index contributed by atoms with van der Waals surface area (Å²) in [5.41, 5.74) is 5.63. The zero-order valence-corrected chi connectivity index (χ0v) is 14.3. The minimum Gasteiger partial charge on any atom is -0.399 e. The number of carbonyl (C=O) groups is 1. The summed E-state index contributed by atoms with van der Waals surface area (Å²) in [6.07, 6.45) is -4.50. The summed E-state index contributed by atoms with van der Waals surface area (Å²) in [4.78, 5) is 20.3. The van der Waals surface area contributed by atoms with E-state index in [2.05, 4.69) is 15.3 Å². The van der Waals surface area contributed by atoms with E-state index >= 15 is 0 Å². The van der Waals surface area contributed by atoms with Gasteiger partial charge in [-0.3, -0.25) is 4.79 Å². The van der Waals surface area contributed by atoms with Crippen molar-refractivity contribution in [1.82, 2.24) is 9.97 Å². The Labute approximate surface area is 157 Å². The average molecular weight is 393 g/mol. The number of benzene rings is 2. The molecule has 138 valence electrons. The number of anilines is 2. The normalized spacial score (nSPS) is 11.3. The van der Waals surface area contributed by atoms with E-state index in [9.17, 15) is 18.0 Å². The number of halogens is 4. The molecule has 2 aromatic carbocycles. The summed E-state index contributed by atoms with van der Waals surface area (Å²) in [5, 5.41) is 2.50. The van der Waals surface area contributed by atoms with Crippen LogP contribution in [0.5, 0.6) is 0 Å². The zero-order valence-electron chi connectivity index (χ0n) is 13.6. The molecule has 0 bridgehead atoms. The summed E-state index contributed by atoms with van der Waals surface area (Å²) in [6, 6.07) is 12.1. The van der Waals surface area contributed by atoms with Crippen molar-refractivity contribution in [3.05, 3.63) is 70.9 Å². The Morgan fingerprint density at radius 3 is 2.48 bits per heavy atom. The number of alkyl halides is 3. The lowest BCUT2D eigenvalue weighted by atomic mass is 10.1. The maximum atomic E-state index is 12.9. The first-order valence-electron chi connectivity index (χ1n) is 7.61. The molecule has 9 heteroatoms. The lowest BCUT2D eigenvalue weighted by Crippen LogP contribution is -2.14. The Morgan fingerprint density at radius 1 is 1.04 bits per heavy atom. The van der Waals surface area contributed by atoms with Gasteiger partial charge in [0, 0.05) is 22.9 Å². The molecule has 0 aliphatic heterocycles. The molecule has 0 aliphatic carbocycles. The van der Waals surface area contributed by atoms with Gasteiger partial charge in [-0.25, -0.2) is 9.97 Å². The van der Waals surface area contributed by atoms with Crippen molar-refractivity contribution < 1.29 is 18.0 Å². The van der Waals surface area contributed by atoms with Gasteiger partial charge >= 0.3 is 6.18 Å². The molecule has 1 amide bonds. The van der Waals surface area contributed by atoms with Crippen molar-refractivity contribution in [2.75, 3.05) is 11.1 Å². The van der Waals surface area contributed by atoms with Crippen molar-refractivity contribution in [2.45, 2.75) is 6.18 Å². The Morgan fingerprint density at radius 2 is 1.78 bits per heavy atom. The van der Waals surface area contributed by atoms with Crippen LogP contribution in [0, 0.1) is 0 Å². The van der Waals surface area contributed by atoms with E-state index < -0.39 is 17.6 Å². The summed E-state index contributed by atoms with van der Waals surface area (Å²) in [7, 11) is 0. The second-order valence-electron chi connectivity index (χ2n) is 5.56. The SMILES string of the molecule is Nc1cccc(C(=O)Nc2cc(Cl)nc(-c3cccc(C(F)(F)F)c3)n2)c1. The van der Waals surface area contributed by atoms with Crippen molar-refractivity contribution >= 4 is 29.0 Å². The van der Waals surface area contributed by atoms with Crippen molar-refractivity contribution in [1.29, 1.82) is 0 Å². The number of rotatable bonds is 3. The minimum atomic E-state index is -4.50. The lowest BCUT2D eigenvalue weighted by molar-refractivity contribution is -0.137. The van der Waals surface area contributed by atoms with Gasteiger partial charge in [0.05, 0.1) is 5.56 Å². The van der Waals surface area contributed by atoms with Crippen LogP contribution in [0.25, 0.3) is 11.4 Å². The van der Waals surface area contributed by atoms with Crippen LogP contribution < -0.4 is 11.1 Å². The van der Waals surface area contributed by atoms with Crippen LogP contribution in [0.2, 0.25) is 5.15 Å². The molecule has 0 unspecified atom stereocenters. The van der Waals surface area contributed by atoms with E-state index in [0.717, 1.165) is 12.1 Å². The highest BCUT2D eigenvalue weighted by Crippen LogP contribution is 2.32. The molecular weight excluding hydrogens is 381 g/mol. The van der Waals surface area contributed by atoms with Crippen LogP contribution >= 0.6 is 11.6 Å². The van der Waals surface area contributed by atoms with Crippen LogP contribution in [-0.4, -0.2) is 15.9 Å². The van der Waals surface area contributed by atoms with Crippen molar-refractivity contribution in [2.24, 2.45) is 0 Å². The Bertz CT molecular complexity index is 1010. The molecular formula is C18H12ClF3N4O. The first-order valence-corrected chi connectivity index (χ1v) is 7.99.